The van der Waals surface area contributed by atoms with E-state index in [1.165, 1.54) is 57.1 Å². The summed E-state index contributed by atoms with van der Waals surface area (Å²) in [6.07, 6.45) is 14.6. The predicted octanol–water partition coefficient (Wildman–Crippen LogP) is 3.56. The fourth-order valence-corrected chi connectivity index (χ4v) is 4.86. The maximum absolute atomic E-state index is 4.90. The van der Waals surface area contributed by atoms with Crippen LogP contribution in [0.2, 0.25) is 0 Å². The van der Waals surface area contributed by atoms with Crippen molar-refractivity contribution in [3.05, 3.63) is 18.0 Å². The van der Waals surface area contributed by atoms with Crippen LogP contribution in [-0.2, 0) is 6.42 Å². The Morgan fingerprint density at radius 1 is 1.19 bits per heavy atom. The second kappa shape index (κ2) is 5.75. The van der Waals surface area contributed by atoms with Crippen molar-refractivity contribution in [3.8, 4) is 0 Å². The van der Waals surface area contributed by atoms with Crippen LogP contribution in [0.25, 0.3) is 0 Å². The molecule has 4 rings (SSSR count). The standard InChI is InChI=1S/C18H29N3/c1-19-18(15-10-13-9-14(13)11-15)12-16-7-8-21(20-16)17-5-3-2-4-6-17/h7-8,13-15,17-19H,2-6,9-12H2,1H3. The highest BCUT2D eigenvalue weighted by Crippen LogP contribution is 2.55. The van der Waals surface area contributed by atoms with Crippen molar-refractivity contribution in [1.82, 2.24) is 15.1 Å². The summed E-state index contributed by atoms with van der Waals surface area (Å²) in [5.41, 5.74) is 1.29. The summed E-state index contributed by atoms with van der Waals surface area (Å²) in [4.78, 5) is 0. The highest BCUT2D eigenvalue weighted by atomic mass is 15.3. The second-order valence-corrected chi connectivity index (χ2v) is 7.67. The van der Waals surface area contributed by atoms with Gasteiger partial charge in [-0.1, -0.05) is 19.3 Å². The van der Waals surface area contributed by atoms with Crippen molar-refractivity contribution >= 4 is 0 Å². The molecule has 0 saturated heterocycles. The summed E-state index contributed by atoms with van der Waals surface area (Å²) in [5, 5.41) is 8.47. The van der Waals surface area contributed by atoms with Gasteiger partial charge in [-0.3, -0.25) is 4.68 Å². The fourth-order valence-electron chi connectivity index (χ4n) is 4.86. The summed E-state index contributed by atoms with van der Waals surface area (Å²) >= 11 is 0. The van der Waals surface area contributed by atoms with Gasteiger partial charge in [0, 0.05) is 18.7 Å². The molecule has 1 aromatic rings. The van der Waals surface area contributed by atoms with Crippen molar-refractivity contribution < 1.29 is 0 Å². The Morgan fingerprint density at radius 3 is 2.67 bits per heavy atom. The van der Waals surface area contributed by atoms with Crippen LogP contribution >= 0.6 is 0 Å². The lowest BCUT2D eigenvalue weighted by molar-refractivity contribution is 0.322. The zero-order valence-electron chi connectivity index (χ0n) is 13.3. The van der Waals surface area contributed by atoms with Gasteiger partial charge in [0.15, 0.2) is 0 Å². The molecule has 0 radical (unpaired) electrons. The van der Waals surface area contributed by atoms with Gasteiger partial charge in [0.2, 0.25) is 0 Å². The molecule has 0 bridgehead atoms. The normalized spacial score (nSPS) is 33.9. The quantitative estimate of drug-likeness (QED) is 0.897. The topological polar surface area (TPSA) is 29.9 Å². The van der Waals surface area contributed by atoms with Crippen LogP contribution in [0.4, 0.5) is 0 Å². The average Bonchev–Trinajstić information content (AvgIpc) is 2.94. The molecule has 1 N–H and O–H groups in total. The first-order valence-electron chi connectivity index (χ1n) is 9.05. The van der Waals surface area contributed by atoms with Gasteiger partial charge in [0.05, 0.1) is 11.7 Å². The van der Waals surface area contributed by atoms with Gasteiger partial charge in [-0.2, -0.15) is 5.10 Å². The molecule has 3 nitrogen and oxygen atoms in total. The Bertz CT molecular complexity index is 465. The third-order valence-electron chi connectivity index (χ3n) is 6.26. The summed E-state index contributed by atoms with van der Waals surface area (Å²) in [6, 6.07) is 3.56. The summed E-state index contributed by atoms with van der Waals surface area (Å²) in [5.74, 6) is 3.04. The molecule has 0 aromatic carbocycles. The largest absolute Gasteiger partial charge is 0.316 e. The molecule has 1 aromatic heterocycles. The molecule has 21 heavy (non-hydrogen) atoms. The van der Waals surface area contributed by atoms with Gasteiger partial charge in [-0.05, 0) is 63.0 Å². The first kappa shape index (κ1) is 13.8. The molecule has 3 fully saturated rings. The van der Waals surface area contributed by atoms with Gasteiger partial charge in [0.25, 0.3) is 0 Å². The fraction of sp³-hybridized carbons (Fsp3) is 0.833. The van der Waals surface area contributed by atoms with E-state index in [4.69, 9.17) is 5.10 Å². The first-order chi connectivity index (χ1) is 10.3. The van der Waals surface area contributed by atoms with Gasteiger partial charge in [-0.25, -0.2) is 0 Å². The van der Waals surface area contributed by atoms with E-state index in [1.807, 2.05) is 0 Å². The van der Waals surface area contributed by atoms with Crippen molar-refractivity contribution in [1.29, 1.82) is 0 Å². The molecule has 1 heterocycles. The van der Waals surface area contributed by atoms with Crippen LogP contribution in [0.5, 0.6) is 0 Å². The highest BCUT2D eigenvalue weighted by Gasteiger charge is 2.47. The van der Waals surface area contributed by atoms with Crippen LogP contribution in [0.15, 0.2) is 12.3 Å². The Balaban J connectivity index is 1.38. The minimum Gasteiger partial charge on any atom is -0.316 e. The lowest BCUT2D eigenvalue weighted by atomic mass is 9.91. The smallest absolute Gasteiger partial charge is 0.0640 e. The maximum Gasteiger partial charge on any atom is 0.0640 e. The number of fused-ring (bicyclic) bond motifs is 1. The molecule has 3 aliphatic rings. The van der Waals surface area contributed by atoms with E-state index >= 15 is 0 Å². The maximum atomic E-state index is 4.90. The lowest BCUT2D eigenvalue weighted by Crippen LogP contribution is -2.35. The minimum absolute atomic E-state index is 0.632. The zero-order chi connectivity index (χ0) is 14.2. The van der Waals surface area contributed by atoms with E-state index in [9.17, 15) is 0 Å². The summed E-state index contributed by atoms with van der Waals surface area (Å²) in [6.45, 7) is 0. The van der Waals surface area contributed by atoms with Gasteiger partial charge >= 0.3 is 0 Å². The third kappa shape index (κ3) is 2.90. The van der Waals surface area contributed by atoms with Crippen LogP contribution in [0.3, 0.4) is 0 Å². The summed E-state index contributed by atoms with van der Waals surface area (Å²) in [7, 11) is 2.13. The van der Waals surface area contributed by atoms with Crippen molar-refractivity contribution in [2.45, 2.75) is 69.9 Å². The number of nitrogens with one attached hydrogen (secondary N) is 1. The van der Waals surface area contributed by atoms with Gasteiger partial charge in [-0.15, -0.1) is 0 Å². The van der Waals surface area contributed by atoms with Crippen LogP contribution < -0.4 is 5.32 Å². The SMILES string of the molecule is CNC(Cc1ccn(C2CCCCC2)n1)C1CC2CC2C1. The van der Waals surface area contributed by atoms with E-state index in [1.54, 1.807) is 0 Å². The molecule has 3 unspecified atom stereocenters. The molecular weight excluding hydrogens is 258 g/mol. The van der Waals surface area contributed by atoms with E-state index in [-0.39, 0.29) is 0 Å². The Kier molecular flexibility index (Phi) is 3.78. The van der Waals surface area contributed by atoms with Crippen molar-refractivity contribution in [3.63, 3.8) is 0 Å². The Morgan fingerprint density at radius 2 is 1.95 bits per heavy atom. The van der Waals surface area contributed by atoms with E-state index in [0.29, 0.717) is 12.1 Å². The second-order valence-electron chi connectivity index (χ2n) is 7.67. The number of aromatic nitrogens is 2. The highest BCUT2D eigenvalue weighted by molar-refractivity contribution is 5.06. The Labute approximate surface area is 128 Å². The molecule has 0 spiro atoms. The lowest BCUT2D eigenvalue weighted by Gasteiger charge is -2.24. The first-order valence-corrected chi connectivity index (χ1v) is 9.05. The molecule has 3 saturated carbocycles. The molecule has 3 heteroatoms. The molecule has 0 amide bonds. The molecule has 116 valence electrons. The van der Waals surface area contributed by atoms with Crippen LogP contribution in [0, 0.1) is 17.8 Å². The van der Waals surface area contributed by atoms with Gasteiger partial charge < -0.3 is 5.32 Å². The number of rotatable bonds is 5. The molecule has 0 aliphatic heterocycles. The third-order valence-corrected chi connectivity index (χ3v) is 6.26. The van der Waals surface area contributed by atoms with E-state index < -0.39 is 0 Å². The van der Waals surface area contributed by atoms with E-state index in [0.717, 1.165) is 24.2 Å². The zero-order valence-corrected chi connectivity index (χ0v) is 13.3. The number of hydrogen-bond acceptors (Lipinski definition) is 2. The van der Waals surface area contributed by atoms with Crippen LogP contribution in [-0.4, -0.2) is 22.9 Å². The summed E-state index contributed by atoms with van der Waals surface area (Å²) < 4.78 is 2.26. The number of hydrogen-bond donors (Lipinski definition) is 1. The molecule has 3 aliphatic carbocycles. The van der Waals surface area contributed by atoms with Crippen molar-refractivity contribution in [2.24, 2.45) is 17.8 Å². The predicted molar refractivity (Wildman–Crippen MR) is 85.2 cm³/mol. The monoisotopic (exact) mass is 287 g/mol. The average molecular weight is 287 g/mol. The number of likely N-dealkylation sites (N-methyl/N-ethyl adjacent to an activating group) is 1. The molecule has 3 atom stereocenters. The van der Waals surface area contributed by atoms with Gasteiger partial charge in [0.1, 0.15) is 0 Å². The minimum atomic E-state index is 0.632. The number of nitrogens with zero attached hydrogens (tertiary/aromatic N) is 2. The van der Waals surface area contributed by atoms with Crippen LogP contribution in [0.1, 0.15) is 63.1 Å². The molecular formula is C18H29N3. The Hall–Kier alpha value is -0.830. The van der Waals surface area contributed by atoms with Crippen molar-refractivity contribution in [2.75, 3.05) is 7.05 Å². The van der Waals surface area contributed by atoms with E-state index in [2.05, 4.69) is 29.3 Å².